The molecule has 3 aromatic rings. The highest BCUT2D eigenvalue weighted by Crippen LogP contribution is 2.21. The predicted octanol–water partition coefficient (Wildman–Crippen LogP) is 4.24. The van der Waals surface area contributed by atoms with E-state index in [0.29, 0.717) is 28.1 Å². The van der Waals surface area contributed by atoms with Gasteiger partial charge in [-0.2, -0.15) is 0 Å². The van der Waals surface area contributed by atoms with Gasteiger partial charge in [0.2, 0.25) is 5.78 Å². The summed E-state index contributed by atoms with van der Waals surface area (Å²) >= 11 is 0. The second kappa shape index (κ2) is 8.22. The molecule has 29 heavy (non-hydrogen) atoms. The highest BCUT2D eigenvalue weighted by Gasteiger charge is 2.21. The minimum Gasteiger partial charge on any atom is -0.454 e. The van der Waals surface area contributed by atoms with Crippen LogP contribution in [0.25, 0.3) is 11.3 Å². The van der Waals surface area contributed by atoms with Gasteiger partial charge < -0.3 is 9.72 Å². The number of esters is 1. The van der Waals surface area contributed by atoms with Gasteiger partial charge in [-0.15, -0.1) is 0 Å². The maximum atomic E-state index is 12.5. The lowest BCUT2D eigenvalue weighted by molar-refractivity contribution is 0.0472. The van der Waals surface area contributed by atoms with Crippen LogP contribution in [0.4, 0.5) is 0 Å². The molecule has 2 heterocycles. The third-order valence-electron chi connectivity index (χ3n) is 4.78. The van der Waals surface area contributed by atoms with Gasteiger partial charge in [0, 0.05) is 16.8 Å². The number of aryl methyl sites for hydroxylation is 2. The van der Waals surface area contributed by atoms with Crippen LogP contribution in [0.15, 0.2) is 42.5 Å². The van der Waals surface area contributed by atoms with Crippen molar-refractivity contribution in [2.45, 2.75) is 27.7 Å². The lowest BCUT2D eigenvalue weighted by Gasteiger charge is -2.08. The fraction of sp³-hybridized carbons (Fsp3) is 0.217. The molecule has 0 unspecified atom stereocenters. The molecule has 6 heteroatoms. The van der Waals surface area contributed by atoms with Crippen molar-refractivity contribution in [3.05, 3.63) is 76.2 Å². The van der Waals surface area contributed by atoms with Gasteiger partial charge in [0.1, 0.15) is 0 Å². The number of nitrogens with one attached hydrogen (secondary N) is 1. The first-order valence-corrected chi connectivity index (χ1v) is 9.23. The van der Waals surface area contributed by atoms with Crippen LogP contribution in [0.5, 0.6) is 0 Å². The topological polar surface area (TPSA) is 89.1 Å². The van der Waals surface area contributed by atoms with E-state index in [0.717, 1.165) is 11.3 Å². The largest absolute Gasteiger partial charge is 0.454 e. The minimum atomic E-state index is -0.615. The van der Waals surface area contributed by atoms with Gasteiger partial charge in [0.15, 0.2) is 12.4 Å². The Hall–Kier alpha value is -3.54. The van der Waals surface area contributed by atoms with Crippen LogP contribution in [0.2, 0.25) is 0 Å². The number of carbonyl (C=O) groups is 3. The molecule has 0 atom stereocenters. The Labute approximate surface area is 168 Å². The predicted molar refractivity (Wildman–Crippen MR) is 109 cm³/mol. The summed E-state index contributed by atoms with van der Waals surface area (Å²) in [5.41, 5.74) is 4.51. The Bertz CT molecular complexity index is 1100. The number of ether oxygens (including phenoxy) is 1. The van der Waals surface area contributed by atoms with E-state index in [1.165, 1.54) is 6.92 Å². The third kappa shape index (κ3) is 4.16. The summed E-state index contributed by atoms with van der Waals surface area (Å²) in [6, 6.07) is 13.0. The monoisotopic (exact) mass is 390 g/mol. The summed E-state index contributed by atoms with van der Waals surface area (Å²) in [5.74, 6) is -1.12. The van der Waals surface area contributed by atoms with Crippen molar-refractivity contribution in [1.29, 1.82) is 0 Å². The molecular formula is C23H22N2O4. The quantitative estimate of drug-likeness (QED) is 0.502. The number of ketones is 2. The molecular weight excluding hydrogens is 368 g/mol. The van der Waals surface area contributed by atoms with Crippen molar-refractivity contribution in [3.63, 3.8) is 0 Å². The lowest BCUT2D eigenvalue weighted by Crippen LogP contribution is -2.16. The van der Waals surface area contributed by atoms with Crippen molar-refractivity contribution in [2.75, 3.05) is 6.61 Å². The second-order valence-electron chi connectivity index (χ2n) is 6.88. The number of carbonyl (C=O) groups excluding carboxylic acids is 3. The number of nitrogens with zero attached hydrogens (tertiary/aromatic N) is 1. The van der Waals surface area contributed by atoms with Gasteiger partial charge in [-0.25, -0.2) is 4.79 Å². The Morgan fingerprint density at radius 3 is 2.28 bits per heavy atom. The number of rotatable bonds is 6. The molecule has 148 valence electrons. The molecule has 0 radical (unpaired) electrons. The Morgan fingerprint density at radius 2 is 1.69 bits per heavy atom. The molecule has 1 aromatic carbocycles. The van der Waals surface area contributed by atoms with Crippen LogP contribution in [0.3, 0.4) is 0 Å². The maximum Gasteiger partial charge on any atom is 0.340 e. The zero-order chi connectivity index (χ0) is 21.1. The second-order valence-corrected chi connectivity index (χ2v) is 6.88. The number of pyridine rings is 1. The molecule has 1 N–H and O–H groups in total. The number of Topliss-reactive ketones (excluding diaryl/α,β-unsaturated/α-hetero) is 2. The Morgan fingerprint density at radius 1 is 1.00 bits per heavy atom. The van der Waals surface area contributed by atoms with E-state index >= 15 is 0 Å². The van der Waals surface area contributed by atoms with Crippen LogP contribution < -0.4 is 0 Å². The number of H-pyrrole nitrogens is 1. The zero-order valence-electron chi connectivity index (χ0n) is 16.8. The minimum absolute atomic E-state index is 0.118. The summed E-state index contributed by atoms with van der Waals surface area (Å²) in [6.45, 7) is 6.19. The van der Waals surface area contributed by atoms with E-state index in [2.05, 4.69) is 9.97 Å². The van der Waals surface area contributed by atoms with Crippen LogP contribution in [-0.2, 0) is 4.74 Å². The standard InChI is InChI=1S/C23H22N2O4/c1-13-21(16(4)26)15(3)25-22(13)20(27)12-29-23(28)18-10-11-19(24-14(18)2)17-8-6-5-7-9-17/h5-11,25H,12H2,1-4H3. The van der Waals surface area contributed by atoms with Gasteiger partial charge in [-0.05, 0) is 45.4 Å². The molecule has 0 saturated carbocycles. The van der Waals surface area contributed by atoms with Crippen molar-refractivity contribution in [1.82, 2.24) is 9.97 Å². The van der Waals surface area contributed by atoms with E-state index in [9.17, 15) is 14.4 Å². The van der Waals surface area contributed by atoms with Crippen molar-refractivity contribution >= 4 is 17.5 Å². The summed E-state index contributed by atoms with van der Waals surface area (Å²) < 4.78 is 5.20. The third-order valence-corrected chi connectivity index (χ3v) is 4.78. The zero-order valence-corrected chi connectivity index (χ0v) is 16.8. The SMILES string of the molecule is CC(=O)c1c(C)[nH]c(C(=O)COC(=O)c2ccc(-c3ccccc3)nc2C)c1C. The van der Waals surface area contributed by atoms with Crippen LogP contribution in [0, 0.1) is 20.8 Å². The van der Waals surface area contributed by atoms with E-state index in [1.54, 1.807) is 32.9 Å². The average molecular weight is 390 g/mol. The Kier molecular flexibility index (Phi) is 5.73. The normalized spacial score (nSPS) is 10.6. The van der Waals surface area contributed by atoms with Crippen molar-refractivity contribution in [3.8, 4) is 11.3 Å². The number of aromatic nitrogens is 2. The first-order valence-electron chi connectivity index (χ1n) is 9.23. The summed E-state index contributed by atoms with van der Waals surface area (Å²) in [6.07, 6.45) is 0. The van der Waals surface area contributed by atoms with E-state index in [1.807, 2.05) is 30.3 Å². The fourth-order valence-electron chi connectivity index (χ4n) is 3.38. The van der Waals surface area contributed by atoms with Crippen LogP contribution in [-0.4, -0.2) is 34.1 Å². The number of aromatic amines is 1. The fourth-order valence-corrected chi connectivity index (χ4v) is 3.38. The molecule has 0 aliphatic heterocycles. The van der Waals surface area contributed by atoms with Gasteiger partial charge >= 0.3 is 5.97 Å². The maximum absolute atomic E-state index is 12.5. The van der Waals surface area contributed by atoms with Crippen molar-refractivity contribution in [2.24, 2.45) is 0 Å². The number of benzene rings is 1. The molecule has 6 nitrogen and oxygen atoms in total. The van der Waals surface area contributed by atoms with Crippen LogP contribution >= 0.6 is 0 Å². The molecule has 2 aromatic heterocycles. The van der Waals surface area contributed by atoms with Crippen molar-refractivity contribution < 1.29 is 19.1 Å². The van der Waals surface area contributed by atoms with E-state index in [-0.39, 0.29) is 11.5 Å². The van der Waals surface area contributed by atoms with Crippen LogP contribution in [0.1, 0.15) is 55.1 Å². The van der Waals surface area contributed by atoms with Gasteiger partial charge in [-0.1, -0.05) is 30.3 Å². The summed E-state index contributed by atoms with van der Waals surface area (Å²) in [4.78, 5) is 44.0. The highest BCUT2D eigenvalue weighted by atomic mass is 16.5. The highest BCUT2D eigenvalue weighted by molar-refractivity contribution is 6.04. The summed E-state index contributed by atoms with van der Waals surface area (Å²) in [7, 11) is 0. The molecule has 0 fully saturated rings. The smallest absolute Gasteiger partial charge is 0.340 e. The molecule has 0 amide bonds. The Balaban J connectivity index is 1.72. The molecule has 0 spiro atoms. The van der Waals surface area contributed by atoms with E-state index < -0.39 is 18.4 Å². The molecule has 0 bridgehead atoms. The molecule has 3 rings (SSSR count). The lowest BCUT2D eigenvalue weighted by atomic mass is 10.1. The molecule has 0 aliphatic carbocycles. The number of hydrogen-bond acceptors (Lipinski definition) is 5. The molecule has 0 aliphatic rings. The van der Waals surface area contributed by atoms with Gasteiger partial charge in [-0.3, -0.25) is 14.6 Å². The first-order chi connectivity index (χ1) is 13.8. The molecule has 0 saturated heterocycles. The van der Waals surface area contributed by atoms with Gasteiger partial charge in [0.25, 0.3) is 0 Å². The summed E-state index contributed by atoms with van der Waals surface area (Å²) in [5, 5.41) is 0. The number of hydrogen-bond donors (Lipinski definition) is 1. The average Bonchev–Trinajstić information content (AvgIpc) is 3.00. The van der Waals surface area contributed by atoms with Gasteiger partial charge in [0.05, 0.1) is 22.6 Å². The first kappa shape index (κ1) is 20.2. The van der Waals surface area contributed by atoms with E-state index in [4.69, 9.17) is 4.74 Å².